The largest absolute Gasteiger partial charge is 0.0922 e. The van der Waals surface area contributed by atoms with Crippen molar-refractivity contribution >= 4 is 39.9 Å². The maximum absolute atomic E-state index is 3.63. The number of halogens is 2. The van der Waals surface area contributed by atoms with Crippen LogP contribution in [0.15, 0.2) is 28.7 Å². The number of rotatable bonds is 4. The fraction of sp³-hybridized carbons (Fsp3) is 0.500. The summed E-state index contributed by atoms with van der Waals surface area (Å²) < 4.78 is 1.16. The number of alkyl halides is 1. The van der Waals surface area contributed by atoms with Gasteiger partial charge in [0.1, 0.15) is 0 Å². The van der Waals surface area contributed by atoms with Crippen molar-refractivity contribution in [2.24, 2.45) is 0 Å². The average molecular weight is 350 g/mol. The van der Waals surface area contributed by atoms with Crippen molar-refractivity contribution in [3.63, 3.8) is 0 Å². The Morgan fingerprint density at radius 3 is 2.07 bits per heavy atom. The molecule has 0 saturated carbocycles. The lowest BCUT2D eigenvalue weighted by atomic mass is 10.0. The summed E-state index contributed by atoms with van der Waals surface area (Å²) >= 11 is 7.11. The van der Waals surface area contributed by atoms with Gasteiger partial charge in [-0.15, -0.1) is 0 Å². The highest BCUT2D eigenvalue weighted by atomic mass is 79.9. The molecule has 0 saturated heterocycles. The lowest BCUT2D eigenvalue weighted by Gasteiger charge is -2.23. The lowest BCUT2D eigenvalue weighted by molar-refractivity contribution is 0.865. The topological polar surface area (TPSA) is 0 Å². The summed E-state index contributed by atoms with van der Waals surface area (Å²) in [6, 6.07) is 10.1. The summed E-state index contributed by atoms with van der Waals surface area (Å²) in [5.41, 5.74) is 1.46. The number of hydrogen-bond donors (Lipinski definition) is 0. The van der Waals surface area contributed by atoms with E-state index in [0.29, 0.717) is 5.92 Å². The molecule has 0 N–H and O–H groups in total. The van der Waals surface area contributed by atoms with E-state index in [1.54, 1.807) is 0 Å². The van der Waals surface area contributed by atoms with Crippen molar-refractivity contribution < 1.29 is 0 Å². The minimum absolute atomic E-state index is 0.671. The Labute approximate surface area is 111 Å². The normalized spacial score (nSPS) is 13.9. The third kappa shape index (κ3) is 4.83. The molecule has 0 radical (unpaired) electrons. The van der Waals surface area contributed by atoms with Gasteiger partial charge in [-0.25, -0.2) is 0 Å². The maximum atomic E-state index is 3.63. The van der Waals surface area contributed by atoms with E-state index in [4.69, 9.17) is 0 Å². The Morgan fingerprint density at radius 1 is 1.13 bits per heavy atom. The Bertz CT molecular complexity index is 300. The first kappa shape index (κ1) is 13.5. The maximum Gasteiger partial charge on any atom is 0.0449 e. The van der Waals surface area contributed by atoms with Gasteiger partial charge in [0.2, 0.25) is 0 Å². The molecule has 0 aliphatic carbocycles. The fourth-order valence-electron chi connectivity index (χ4n) is 1.74. The van der Waals surface area contributed by atoms with Crippen LogP contribution >= 0.6 is 31.9 Å². The first-order chi connectivity index (χ1) is 6.92. The van der Waals surface area contributed by atoms with Crippen LogP contribution in [0.4, 0.5) is 0 Å². The van der Waals surface area contributed by atoms with Gasteiger partial charge in [-0.1, -0.05) is 63.6 Å². The van der Waals surface area contributed by atoms with Crippen molar-refractivity contribution in [2.75, 3.05) is 5.33 Å². The van der Waals surface area contributed by atoms with Gasteiger partial charge in [0.15, 0.2) is 0 Å². The molecular formula is C12H18Br2Si. The zero-order valence-electron chi connectivity index (χ0n) is 9.56. The standard InChI is InChI=1S/C12H18Br2Si/c1-15(2,3)9-11(8-13)10-4-6-12(14)7-5-10/h4-7,11H,8-9H2,1-3H3. The van der Waals surface area contributed by atoms with Gasteiger partial charge >= 0.3 is 0 Å². The van der Waals surface area contributed by atoms with E-state index in [1.165, 1.54) is 11.6 Å². The lowest BCUT2D eigenvalue weighted by Crippen LogP contribution is -2.23. The number of hydrogen-bond acceptors (Lipinski definition) is 0. The molecule has 0 aliphatic rings. The van der Waals surface area contributed by atoms with E-state index in [9.17, 15) is 0 Å². The van der Waals surface area contributed by atoms with E-state index in [1.807, 2.05) is 0 Å². The minimum Gasteiger partial charge on any atom is -0.0922 e. The second-order valence-electron chi connectivity index (χ2n) is 5.17. The van der Waals surface area contributed by atoms with Crippen LogP contribution in [-0.4, -0.2) is 13.4 Å². The van der Waals surface area contributed by atoms with Crippen LogP contribution in [0.3, 0.4) is 0 Å². The molecule has 0 aromatic heterocycles. The molecule has 1 rings (SSSR count). The summed E-state index contributed by atoms with van der Waals surface area (Å²) in [5.74, 6) is 0.671. The molecule has 1 aromatic rings. The molecule has 0 fully saturated rings. The van der Waals surface area contributed by atoms with Gasteiger partial charge < -0.3 is 0 Å². The molecule has 0 aliphatic heterocycles. The van der Waals surface area contributed by atoms with Crippen LogP contribution in [0.25, 0.3) is 0 Å². The highest BCUT2D eigenvalue weighted by molar-refractivity contribution is 9.10. The Balaban J connectivity index is 2.79. The summed E-state index contributed by atoms with van der Waals surface area (Å²) in [7, 11) is -0.979. The van der Waals surface area contributed by atoms with Crippen LogP contribution in [0.2, 0.25) is 25.7 Å². The molecule has 0 heterocycles. The van der Waals surface area contributed by atoms with E-state index in [2.05, 4.69) is 75.8 Å². The van der Waals surface area contributed by atoms with E-state index < -0.39 is 8.07 Å². The Morgan fingerprint density at radius 2 is 1.67 bits per heavy atom. The summed E-state index contributed by atoms with van der Waals surface area (Å²) in [4.78, 5) is 0. The van der Waals surface area contributed by atoms with Crippen LogP contribution in [0.5, 0.6) is 0 Å². The summed E-state index contributed by atoms with van der Waals surface area (Å²) in [6.45, 7) is 7.30. The molecule has 0 amide bonds. The van der Waals surface area contributed by atoms with Gasteiger partial charge in [-0.05, 0) is 29.7 Å². The smallest absolute Gasteiger partial charge is 0.0449 e. The molecular weight excluding hydrogens is 332 g/mol. The summed E-state index contributed by atoms with van der Waals surface area (Å²) in [6.07, 6.45) is 0. The second-order valence-corrected chi connectivity index (χ2v) is 12.3. The zero-order valence-corrected chi connectivity index (χ0v) is 13.7. The predicted octanol–water partition coefficient (Wildman–Crippen LogP) is 5.27. The van der Waals surface area contributed by atoms with Gasteiger partial charge in [0.25, 0.3) is 0 Å². The summed E-state index contributed by atoms with van der Waals surface area (Å²) in [5, 5.41) is 1.07. The highest BCUT2D eigenvalue weighted by Crippen LogP contribution is 2.29. The van der Waals surface area contributed by atoms with Crippen molar-refractivity contribution in [2.45, 2.75) is 31.6 Å². The first-order valence-corrected chi connectivity index (χ1v) is 10.9. The monoisotopic (exact) mass is 348 g/mol. The first-order valence-electron chi connectivity index (χ1n) is 5.24. The Kier molecular flexibility index (Phi) is 5.07. The molecule has 3 heteroatoms. The predicted molar refractivity (Wildman–Crippen MR) is 78.8 cm³/mol. The van der Waals surface area contributed by atoms with Gasteiger partial charge in [0.05, 0.1) is 0 Å². The van der Waals surface area contributed by atoms with Gasteiger partial charge in [0, 0.05) is 17.9 Å². The quantitative estimate of drug-likeness (QED) is 0.513. The molecule has 0 spiro atoms. The molecule has 1 unspecified atom stereocenters. The highest BCUT2D eigenvalue weighted by Gasteiger charge is 2.20. The van der Waals surface area contributed by atoms with Crippen LogP contribution < -0.4 is 0 Å². The molecule has 0 bridgehead atoms. The second kappa shape index (κ2) is 5.64. The minimum atomic E-state index is -0.979. The Hall–Kier alpha value is 0.397. The average Bonchev–Trinajstić information content (AvgIpc) is 2.14. The van der Waals surface area contributed by atoms with Crippen molar-refractivity contribution in [3.8, 4) is 0 Å². The zero-order chi connectivity index (χ0) is 11.5. The SMILES string of the molecule is C[Si](C)(C)CC(CBr)c1ccc(Br)cc1. The molecule has 84 valence electrons. The third-order valence-corrected chi connectivity index (χ3v) is 5.41. The van der Waals surface area contributed by atoms with Crippen LogP contribution in [0, 0.1) is 0 Å². The van der Waals surface area contributed by atoms with E-state index >= 15 is 0 Å². The van der Waals surface area contributed by atoms with Crippen molar-refractivity contribution in [1.29, 1.82) is 0 Å². The molecule has 1 atom stereocenters. The van der Waals surface area contributed by atoms with Crippen molar-refractivity contribution in [1.82, 2.24) is 0 Å². The van der Waals surface area contributed by atoms with Gasteiger partial charge in [-0.2, -0.15) is 0 Å². The van der Waals surface area contributed by atoms with E-state index in [0.717, 1.165) is 9.80 Å². The fourth-order valence-corrected chi connectivity index (χ4v) is 4.88. The molecule has 1 aromatic carbocycles. The van der Waals surface area contributed by atoms with Gasteiger partial charge in [-0.3, -0.25) is 0 Å². The van der Waals surface area contributed by atoms with E-state index in [-0.39, 0.29) is 0 Å². The van der Waals surface area contributed by atoms with Crippen LogP contribution in [0.1, 0.15) is 11.5 Å². The molecule has 0 nitrogen and oxygen atoms in total. The molecule has 15 heavy (non-hydrogen) atoms. The van der Waals surface area contributed by atoms with Crippen LogP contribution in [-0.2, 0) is 0 Å². The van der Waals surface area contributed by atoms with Crippen molar-refractivity contribution in [3.05, 3.63) is 34.3 Å². The number of benzene rings is 1. The third-order valence-electron chi connectivity index (χ3n) is 2.39.